The van der Waals surface area contributed by atoms with Crippen LogP contribution in [0.15, 0.2) is 0 Å². The summed E-state index contributed by atoms with van der Waals surface area (Å²) in [5.41, 5.74) is 2.07. The first-order chi connectivity index (χ1) is 3.62. The molecule has 0 aromatic heterocycles. The summed E-state index contributed by atoms with van der Waals surface area (Å²) in [6.07, 6.45) is 0. The van der Waals surface area contributed by atoms with Crippen LogP contribution in [0.1, 0.15) is 8.35 Å². The average molecular weight is 163 g/mol. The molecule has 0 saturated carbocycles. The van der Waals surface area contributed by atoms with E-state index in [1.165, 1.54) is 14.0 Å². The summed E-state index contributed by atoms with van der Waals surface area (Å²) in [6.45, 7) is 1.51. The van der Waals surface area contributed by atoms with Crippen LogP contribution in [0.4, 0.5) is 0 Å². The molecule has 0 aromatic carbocycles. The Morgan fingerprint density at radius 3 is 2.22 bits per heavy atom. The van der Waals surface area contributed by atoms with E-state index in [0.717, 1.165) is 0 Å². The molecule has 0 aromatic rings. The van der Waals surface area contributed by atoms with Crippen LogP contribution in [0.3, 0.4) is 0 Å². The molecule has 0 radical (unpaired) electrons. The van der Waals surface area contributed by atoms with E-state index in [4.69, 9.17) is 0 Å². The predicted molar refractivity (Wildman–Crippen MR) is 30.7 cm³/mol. The Balaban J connectivity index is -0.000000245. The standard InChI is InChI=1S/C3H9NO3S.Na.H/c1-3-8(5,6)7-4-2;;/h4H,3H2,1-2H3;;/q;+1;-1. The number of rotatable bonds is 3. The Bertz CT molecular complexity index is 148. The van der Waals surface area contributed by atoms with Gasteiger partial charge in [-0.1, -0.05) is 0 Å². The Kier molecular flexibility index (Phi) is 7.86. The maximum absolute atomic E-state index is 10.3. The van der Waals surface area contributed by atoms with Gasteiger partial charge >= 0.3 is 29.6 Å². The summed E-state index contributed by atoms with van der Waals surface area (Å²) in [5, 5.41) is 0. The summed E-state index contributed by atoms with van der Waals surface area (Å²) in [4.78, 5) is 0. The fourth-order valence-electron chi connectivity index (χ4n) is 0.186. The van der Waals surface area contributed by atoms with E-state index in [0.29, 0.717) is 0 Å². The maximum atomic E-state index is 10.3. The van der Waals surface area contributed by atoms with Crippen molar-refractivity contribution in [1.29, 1.82) is 0 Å². The monoisotopic (exact) mass is 163 g/mol. The summed E-state index contributed by atoms with van der Waals surface area (Å²) < 4.78 is 24.7. The first kappa shape index (κ1) is 12.5. The summed E-state index contributed by atoms with van der Waals surface area (Å²) in [5.74, 6) is -0.00611. The van der Waals surface area contributed by atoms with Crippen molar-refractivity contribution in [3.63, 3.8) is 0 Å². The van der Waals surface area contributed by atoms with Crippen LogP contribution in [-0.4, -0.2) is 21.2 Å². The van der Waals surface area contributed by atoms with Crippen molar-refractivity contribution in [3.05, 3.63) is 0 Å². The van der Waals surface area contributed by atoms with Crippen LogP contribution < -0.4 is 35.0 Å². The molecule has 0 aliphatic rings. The molecule has 1 N–H and O–H groups in total. The maximum Gasteiger partial charge on any atom is 1.00 e. The predicted octanol–water partition coefficient (Wildman–Crippen LogP) is -3.40. The number of nitrogens with one attached hydrogen (secondary N) is 1. The van der Waals surface area contributed by atoms with Crippen LogP contribution in [0.5, 0.6) is 0 Å². The molecule has 0 spiro atoms. The van der Waals surface area contributed by atoms with Crippen LogP contribution in [-0.2, 0) is 14.4 Å². The number of hydroxylamine groups is 1. The molecule has 0 aliphatic heterocycles. The van der Waals surface area contributed by atoms with Gasteiger partial charge in [0.05, 0.1) is 5.75 Å². The molecule has 0 amide bonds. The van der Waals surface area contributed by atoms with E-state index in [9.17, 15) is 8.42 Å². The van der Waals surface area contributed by atoms with Gasteiger partial charge in [-0.2, -0.15) is 18.2 Å². The smallest absolute Gasteiger partial charge is 1.00 e. The van der Waals surface area contributed by atoms with E-state index in [-0.39, 0.29) is 36.7 Å². The van der Waals surface area contributed by atoms with Gasteiger partial charge in [0.15, 0.2) is 0 Å². The molecule has 52 valence electrons. The van der Waals surface area contributed by atoms with Gasteiger partial charge in [-0.15, -0.1) is 0 Å². The normalized spacial score (nSPS) is 10.4. The van der Waals surface area contributed by atoms with E-state index < -0.39 is 10.1 Å². The molecule has 0 unspecified atom stereocenters. The Morgan fingerprint density at radius 2 is 2.11 bits per heavy atom. The van der Waals surface area contributed by atoms with E-state index in [1.807, 2.05) is 0 Å². The molecule has 0 saturated heterocycles. The minimum absolute atomic E-state index is 0. The van der Waals surface area contributed by atoms with Gasteiger partial charge < -0.3 is 1.43 Å². The van der Waals surface area contributed by atoms with Crippen molar-refractivity contribution < 1.29 is 43.7 Å². The summed E-state index contributed by atoms with van der Waals surface area (Å²) in [6, 6.07) is 0. The van der Waals surface area contributed by atoms with Gasteiger partial charge in [0.1, 0.15) is 0 Å². The second-order valence-electron chi connectivity index (χ2n) is 1.13. The Hall–Kier alpha value is 0.870. The molecule has 0 atom stereocenters. The van der Waals surface area contributed by atoms with Crippen molar-refractivity contribution in [3.8, 4) is 0 Å². The summed E-state index contributed by atoms with van der Waals surface area (Å²) >= 11 is 0. The van der Waals surface area contributed by atoms with Gasteiger partial charge in [0.25, 0.3) is 10.1 Å². The largest absolute Gasteiger partial charge is 1.00 e. The first-order valence-electron chi connectivity index (χ1n) is 2.20. The quantitative estimate of drug-likeness (QED) is 0.348. The zero-order valence-corrected chi connectivity index (χ0v) is 8.66. The van der Waals surface area contributed by atoms with Crippen molar-refractivity contribution >= 4 is 10.1 Å². The van der Waals surface area contributed by atoms with Crippen molar-refractivity contribution in [2.45, 2.75) is 6.92 Å². The molecule has 0 rings (SSSR count). The Morgan fingerprint density at radius 1 is 1.67 bits per heavy atom. The minimum atomic E-state index is -3.28. The number of hydrogen-bond donors (Lipinski definition) is 1. The SMILES string of the molecule is CCS(=O)(=O)ONC.[H-].[Na+]. The fourth-order valence-corrected chi connectivity index (χ4v) is 0.558. The zero-order chi connectivity index (χ0) is 6.62. The molecule has 0 fully saturated rings. The van der Waals surface area contributed by atoms with Crippen LogP contribution in [0.2, 0.25) is 0 Å². The molecule has 4 nitrogen and oxygen atoms in total. The van der Waals surface area contributed by atoms with Crippen LogP contribution >= 0.6 is 0 Å². The third kappa shape index (κ3) is 6.76. The Labute approximate surface area is 78.8 Å². The van der Waals surface area contributed by atoms with Crippen molar-refractivity contribution in [1.82, 2.24) is 5.48 Å². The molecule has 9 heavy (non-hydrogen) atoms. The van der Waals surface area contributed by atoms with Gasteiger partial charge in [-0.25, -0.2) is 0 Å². The molecule has 0 heterocycles. The van der Waals surface area contributed by atoms with Crippen LogP contribution in [0.25, 0.3) is 0 Å². The number of hydrogen-bond acceptors (Lipinski definition) is 4. The molecular formula is C3H10NNaO3S. The summed E-state index contributed by atoms with van der Waals surface area (Å²) in [7, 11) is -1.88. The molecule has 0 bridgehead atoms. The van der Waals surface area contributed by atoms with Crippen molar-refractivity contribution in [2.24, 2.45) is 0 Å². The third-order valence-corrected chi connectivity index (χ3v) is 1.69. The topological polar surface area (TPSA) is 55.4 Å². The zero-order valence-electron chi connectivity index (χ0n) is 6.84. The van der Waals surface area contributed by atoms with Crippen LogP contribution in [0, 0.1) is 0 Å². The third-order valence-electron chi connectivity index (χ3n) is 0.564. The molecule has 6 heteroatoms. The van der Waals surface area contributed by atoms with E-state index in [1.54, 1.807) is 0 Å². The minimum Gasteiger partial charge on any atom is -1.00 e. The van der Waals surface area contributed by atoms with Gasteiger partial charge in [0.2, 0.25) is 0 Å². The second kappa shape index (κ2) is 5.64. The van der Waals surface area contributed by atoms with Gasteiger partial charge in [-0.3, -0.25) is 0 Å². The average Bonchev–Trinajstić information content (AvgIpc) is 1.67. The van der Waals surface area contributed by atoms with E-state index >= 15 is 0 Å². The van der Waals surface area contributed by atoms with Gasteiger partial charge in [0, 0.05) is 7.05 Å². The van der Waals surface area contributed by atoms with E-state index in [2.05, 4.69) is 9.76 Å². The first-order valence-corrected chi connectivity index (χ1v) is 3.78. The molecule has 0 aliphatic carbocycles. The van der Waals surface area contributed by atoms with Crippen molar-refractivity contribution in [2.75, 3.05) is 12.8 Å². The fraction of sp³-hybridized carbons (Fsp3) is 1.00. The molecular weight excluding hydrogens is 153 g/mol. The van der Waals surface area contributed by atoms with Gasteiger partial charge in [-0.05, 0) is 6.92 Å². The second-order valence-corrected chi connectivity index (χ2v) is 2.99.